The topological polar surface area (TPSA) is 110 Å². The summed E-state index contributed by atoms with van der Waals surface area (Å²) in [7, 11) is 3.85. The average Bonchev–Trinajstić information content (AvgIpc) is 3.10. The SMILES string of the molecule is CN1CCN(C(=O)CN2CCN(C(C(=O)O)c3cn(C)c4cc(C(=O)O)ccc34)CC2)CC1. The van der Waals surface area contributed by atoms with E-state index in [1.165, 1.54) is 6.07 Å². The normalized spacial score (nSPS) is 19.6. The number of benzene rings is 1. The Kier molecular flexibility index (Phi) is 6.68. The van der Waals surface area contributed by atoms with Crippen LogP contribution in [-0.4, -0.2) is 118 Å². The van der Waals surface area contributed by atoms with Gasteiger partial charge in [-0.2, -0.15) is 0 Å². The molecule has 10 nitrogen and oxygen atoms in total. The summed E-state index contributed by atoms with van der Waals surface area (Å²) in [5, 5.41) is 20.1. The summed E-state index contributed by atoms with van der Waals surface area (Å²) in [5.74, 6) is -1.82. The molecule has 10 heteroatoms. The molecule has 1 unspecified atom stereocenters. The molecule has 1 aromatic carbocycles. The summed E-state index contributed by atoms with van der Waals surface area (Å²) in [5.41, 5.74) is 1.51. The summed E-state index contributed by atoms with van der Waals surface area (Å²) in [4.78, 5) is 44.4. The van der Waals surface area contributed by atoms with Crippen LogP contribution in [0.2, 0.25) is 0 Å². The lowest BCUT2D eigenvalue weighted by atomic mass is 10.0. The van der Waals surface area contributed by atoms with Crippen LogP contribution in [0.15, 0.2) is 24.4 Å². The van der Waals surface area contributed by atoms with Gasteiger partial charge in [0.15, 0.2) is 0 Å². The van der Waals surface area contributed by atoms with Gasteiger partial charge in [0.25, 0.3) is 0 Å². The second-order valence-electron chi connectivity index (χ2n) is 8.97. The van der Waals surface area contributed by atoms with Crippen LogP contribution in [0.4, 0.5) is 0 Å². The van der Waals surface area contributed by atoms with Crippen molar-refractivity contribution in [3.05, 3.63) is 35.5 Å². The Hall–Kier alpha value is -2.95. The van der Waals surface area contributed by atoms with Crippen molar-refractivity contribution < 1.29 is 24.6 Å². The monoisotopic (exact) mass is 457 g/mol. The number of carbonyl (C=O) groups is 3. The Labute approximate surface area is 192 Å². The van der Waals surface area contributed by atoms with Gasteiger partial charge in [0.2, 0.25) is 5.91 Å². The van der Waals surface area contributed by atoms with E-state index in [1.807, 2.05) is 9.80 Å². The molecule has 2 N–H and O–H groups in total. The number of hydrogen-bond donors (Lipinski definition) is 2. The van der Waals surface area contributed by atoms with Crippen LogP contribution in [0.3, 0.4) is 0 Å². The molecule has 1 amide bonds. The molecule has 2 aliphatic rings. The highest BCUT2D eigenvalue weighted by atomic mass is 16.4. The third-order valence-corrected chi connectivity index (χ3v) is 6.78. The van der Waals surface area contributed by atoms with Crippen molar-refractivity contribution in [2.75, 3.05) is 66.0 Å². The molecule has 2 aromatic rings. The minimum absolute atomic E-state index is 0.134. The molecule has 2 saturated heterocycles. The number of aryl methyl sites for hydroxylation is 1. The maximum atomic E-state index is 12.7. The minimum Gasteiger partial charge on any atom is -0.480 e. The highest BCUT2D eigenvalue weighted by molar-refractivity contribution is 5.96. The second-order valence-corrected chi connectivity index (χ2v) is 8.97. The third-order valence-electron chi connectivity index (χ3n) is 6.78. The first kappa shape index (κ1) is 23.2. The molecule has 2 fully saturated rings. The first-order valence-corrected chi connectivity index (χ1v) is 11.2. The van der Waals surface area contributed by atoms with Gasteiger partial charge in [-0.25, -0.2) is 4.79 Å². The van der Waals surface area contributed by atoms with Crippen molar-refractivity contribution >= 4 is 28.7 Å². The zero-order chi connectivity index (χ0) is 23.7. The highest BCUT2D eigenvalue weighted by Crippen LogP contribution is 2.31. The molecule has 1 atom stereocenters. The Bertz CT molecular complexity index is 1050. The largest absolute Gasteiger partial charge is 0.480 e. The summed E-state index contributed by atoms with van der Waals surface area (Å²) in [6, 6.07) is 3.94. The predicted molar refractivity (Wildman–Crippen MR) is 122 cm³/mol. The fourth-order valence-corrected chi connectivity index (χ4v) is 4.78. The van der Waals surface area contributed by atoms with E-state index in [-0.39, 0.29) is 11.5 Å². The zero-order valence-corrected chi connectivity index (χ0v) is 19.1. The number of carboxylic acids is 2. The molecule has 0 saturated carbocycles. The van der Waals surface area contributed by atoms with Gasteiger partial charge in [-0.05, 0) is 19.2 Å². The lowest BCUT2D eigenvalue weighted by Gasteiger charge is -2.39. The van der Waals surface area contributed by atoms with E-state index in [4.69, 9.17) is 0 Å². The summed E-state index contributed by atoms with van der Waals surface area (Å²) in [6.07, 6.45) is 1.78. The van der Waals surface area contributed by atoms with Crippen LogP contribution in [0.1, 0.15) is 22.0 Å². The third kappa shape index (κ3) is 4.87. The van der Waals surface area contributed by atoms with Gasteiger partial charge in [0, 0.05) is 82.1 Å². The molecule has 0 radical (unpaired) electrons. The van der Waals surface area contributed by atoms with E-state index < -0.39 is 18.0 Å². The zero-order valence-electron chi connectivity index (χ0n) is 19.1. The van der Waals surface area contributed by atoms with E-state index in [9.17, 15) is 24.6 Å². The van der Waals surface area contributed by atoms with Gasteiger partial charge in [-0.15, -0.1) is 0 Å². The minimum atomic E-state index is -1.02. The number of carboxylic acid groups (broad SMARTS) is 2. The number of piperazine rings is 2. The molecule has 2 aliphatic heterocycles. The Morgan fingerprint density at radius 1 is 0.939 bits per heavy atom. The number of aliphatic carboxylic acids is 1. The van der Waals surface area contributed by atoms with Crippen LogP contribution in [0.25, 0.3) is 10.9 Å². The van der Waals surface area contributed by atoms with E-state index >= 15 is 0 Å². The number of nitrogens with zero attached hydrogens (tertiary/aromatic N) is 5. The standard InChI is InChI=1S/C23H31N5O5/c1-24-5-9-27(10-6-24)20(29)15-26-7-11-28(12-8-26)21(23(32)33)18-14-25(2)19-13-16(22(30)31)3-4-17(18)19/h3-4,13-14,21H,5-12,15H2,1-2H3,(H,30,31)(H,32,33). The number of rotatable bonds is 6. The first-order chi connectivity index (χ1) is 15.7. The van der Waals surface area contributed by atoms with E-state index in [0.29, 0.717) is 43.8 Å². The van der Waals surface area contributed by atoms with Gasteiger partial charge < -0.3 is 24.6 Å². The number of aromatic nitrogens is 1. The van der Waals surface area contributed by atoms with E-state index in [2.05, 4.69) is 16.8 Å². The first-order valence-electron chi connectivity index (χ1n) is 11.2. The van der Waals surface area contributed by atoms with Crippen LogP contribution >= 0.6 is 0 Å². The Morgan fingerprint density at radius 3 is 2.21 bits per heavy atom. The van der Waals surface area contributed by atoms with Gasteiger partial charge in [-0.1, -0.05) is 6.07 Å². The Morgan fingerprint density at radius 2 is 1.61 bits per heavy atom. The van der Waals surface area contributed by atoms with Crippen molar-refractivity contribution in [3.8, 4) is 0 Å². The van der Waals surface area contributed by atoms with E-state index in [0.717, 1.165) is 31.6 Å². The number of fused-ring (bicyclic) bond motifs is 1. The molecule has 4 rings (SSSR count). The molecule has 1 aromatic heterocycles. The van der Waals surface area contributed by atoms with Crippen molar-refractivity contribution in [1.82, 2.24) is 24.2 Å². The average molecular weight is 458 g/mol. The predicted octanol–water partition coefficient (Wildman–Crippen LogP) is 0.394. The smallest absolute Gasteiger partial charge is 0.335 e. The highest BCUT2D eigenvalue weighted by Gasteiger charge is 2.33. The van der Waals surface area contributed by atoms with E-state index in [1.54, 1.807) is 29.9 Å². The second kappa shape index (κ2) is 9.50. The van der Waals surface area contributed by atoms with Crippen LogP contribution < -0.4 is 0 Å². The van der Waals surface area contributed by atoms with Crippen LogP contribution in [-0.2, 0) is 16.6 Å². The summed E-state index contributed by atoms with van der Waals surface area (Å²) >= 11 is 0. The molecular weight excluding hydrogens is 426 g/mol. The number of likely N-dealkylation sites (N-methyl/N-ethyl adjacent to an activating group) is 1. The molecule has 178 valence electrons. The van der Waals surface area contributed by atoms with Crippen LogP contribution in [0.5, 0.6) is 0 Å². The fourth-order valence-electron chi connectivity index (χ4n) is 4.78. The maximum absolute atomic E-state index is 12.7. The van der Waals surface area contributed by atoms with Crippen LogP contribution in [0, 0.1) is 0 Å². The van der Waals surface area contributed by atoms with Gasteiger partial charge in [-0.3, -0.25) is 19.4 Å². The van der Waals surface area contributed by atoms with Gasteiger partial charge in [0.05, 0.1) is 12.1 Å². The molecular formula is C23H31N5O5. The number of hydrogen-bond acceptors (Lipinski definition) is 6. The lowest BCUT2D eigenvalue weighted by Crippen LogP contribution is -2.54. The number of aromatic carboxylic acids is 1. The molecule has 33 heavy (non-hydrogen) atoms. The fraction of sp³-hybridized carbons (Fsp3) is 0.522. The molecule has 3 heterocycles. The number of carbonyl (C=O) groups excluding carboxylic acids is 1. The molecule has 0 spiro atoms. The maximum Gasteiger partial charge on any atom is 0.335 e. The Balaban J connectivity index is 1.44. The van der Waals surface area contributed by atoms with Crippen molar-refractivity contribution in [2.24, 2.45) is 7.05 Å². The molecule has 0 aliphatic carbocycles. The van der Waals surface area contributed by atoms with Gasteiger partial charge in [0.1, 0.15) is 6.04 Å². The molecule has 0 bridgehead atoms. The summed E-state index contributed by atoms with van der Waals surface area (Å²) in [6.45, 7) is 5.96. The quantitative estimate of drug-likeness (QED) is 0.641. The number of amides is 1. The lowest BCUT2D eigenvalue weighted by molar-refractivity contribution is -0.145. The van der Waals surface area contributed by atoms with Crippen molar-refractivity contribution in [2.45, 2.75) is 6.04 Å². The van der Waals surface area contributed by atoms with Crippen molar-refractivity contribution in [1.29, 1.82) is 0 Å². The summed E-state index contributed by atoms with van der Waals surface area (Å²) < 4.78 is 1.78. The van der Waals surface area contributed by atoms with Gasteiger partial charge >= 0.3 is 11.9 Å². The van der Waals surface area contributed by atoms with Crippen molar-refractivity contribution in [3.63, 3.8) is 0 Å².